The van der Waals surface area contributed by atoms with Crippen LogP contribution in [-0.2, 0) is 37.4 Å². The minimum Gasteiger partial charge on any atom is -0.447 e. The molecule has 2 amide bonds. The van der Waals surface area contributed by atoms with E-state index >= 15 is 0 Å². The molecule has 3 aromatic carbocycles. The average molecular weight is 694 g/mol. The number of sulfonamides is 1. The Labute approximate surface area is 286 Å². The van der Waals surface area contributed by atoms with Crippen LogP contribution in [-0.4, -0.2) is 83.4 Å². The van der Waals surface area contributed by atoms with Gasteiger partial charge in [0.1, 0.15) is 12.4 Å². The third-order valence-electron chi connectivity index (χ3n) is 10.9. The van der Waals surface area contributed by atoms with Gasteiger partial charge in [-0.1, -0.05) is 30.3 Å². The molecule has 4 fully saturated rings. The van der Waals surface area contributed by atoms with Gasteiger partial charge < -0.3 is 29.9 Å². The van der Waals surface area contributed by atoms with Crippen LogP contribution in [0.15, 0.2) is 59.5 Å². The maximum absolute atomic E-state index is 13.7. The van der Waals surface area contributed by atoms with Crippen LogP contribution in [0.1, 0.15) is 43.2 Å². The molecule has 3 N–H and O–H groups in total. The summed E-state index contributed by atoms with van der Waals surface area (Å²) in [6.45, 7) is 1.50. The summed E-state index contributed by atoms with van der Waals surface area (Å²) in [5, 5.41) is 8.26. The van der Waals surface area contributed by atoms with Gasteiger partial charge in [0.15, 0.2) is 0 Å². The largest absolute Gasteiger partial charge is 0.447 e. The molecule has 4 unspecified atom stereocenters. The van der Waals surface area contributed by atoms with E-state index in [0.717, 1.165) is 54.3 Å². The summed E-state index contributed by atoms with van der Waals surface area (Å²) in [6.07, 6.45) is 4.07. The fourth-order valence-corrected chi connectivity index (χ4v) is 10.2. The van der Waals surface area contributed by atoms with Crippen LogP contribution in [0.25, 0.3) is 10.8 Å². The standard InChI is InChI=1S/C36H44FN5O6S/c1-41(2)31-7-3-6-30-29(31)5-4-8-32(30)49(45,46)39-11-12-47-13-14-48-34(44)40-35-17-24-15-27(19-35)36(18-24,23-35)38-20-33(43)42-21-25-9-10-28(37)16-26(25)22-42/h3-10,16,24,27,38-39H,11-15,17-23H2,1-2H3,(H,40,44). The summed E-state index contributed by atoms with van der Waals surface area (Å²) in [5.74, 6) is 0.565. The Morgan fingerprint density at radius 3 is 2.61 bits per heavy atom. The number of hydrogen-bond acceptors (Lipinski definition) is 8. The number of ether oxygens (including phenoxy) is 2. The number of amides is 2. The van der Waals surface area contributed by atoms with Crippen molar-refractivity contribution in [1.82, 2.24) is 20.3 Å². The molecule has 4 bridgehead atoms. The van der Waals surface area contributed by atoms with Crippen molar-refractivity contribution in [2.75, 3.05) is 51.9 Å². The smallest absolute Gasteiger partial charge is 0.407 e. The zero-order chi connectivity index (χ0) is 34.4. The molecule has 1 heterocycles. The third-order valence-corrected chi connectivity index (χ3v) is 12.4. The van der Waals surface area contributed by atoms with Crippen molar-refractivity contribution in [2.45, 2.75) is 61.2 Å². The maximum Gasteiger partial charge on any atom is 0.407 e. The van der Waals surface area contributed by atoms with E-state index in [4.69, 9.17) is 9.47 Å². The molecule has 0 aromatic heterocycles. The lowest BCUT2D eigenvalue weighted by atomic mass is 9.74. The Morgan fingerprint density at radius 2 is 1.78 bits per heavy atom. The van der Waals surface area contributed by atoms with Crippen LogP contribution in [0.5, 0.6) is 0 Å². The first-order chi connectivity index (χ1) is 23.5. The third kappa shape index (κ3) is 6.73. The van der Waals surface area contributed by atoms with Gasteiger partial charge in [-0.2, -0.15) is 0 Å². The van der Waals surface area contributed by atoms with Crippen LogP contribution in [0.4, 0.5) is 14.9 Å². The predicted molar refractivity (Wildman–Crippen MR) is 183 cm³/mol. The second-order valence-electron chi connectivity index (χ2n) is 14.3. The first-order valence-corrected chi connectivity index (χ1v) is 18.5. The number of rotatable bonds is 13. The number of anilines is 1. The second kappa shape index (κ2) is 13.2. The Hall–Kier alpha value is -3.78. The van der Waals surface area contributed by atoms with E-state index in [2.05, 4.69) is 15.4 Å². The quantitative estimate of drug-likeness (QED) is 0.230. The van der Waals surface area contributed by atoms with Crippen molar-refractivity contribution in [3.63, 3.8) is 0 Å². The molecule has 8 rings (SSSR count). The van der Waals surface area contributed by atoms with Crippen molar-refractivity contribution in [1.29, 1.82) is 0 Å². The van der Waals surface area contributed by atoms with Crippen LogP contribution in [0, 0.1) is 17.7 Å². The monoisotopic (exact) mass is 693 g/mol. The average Bonchev–Trinajstić information content (AvgIpc) is 3.66. The van der Waals surface area contributed by atoms with Crippen molar-refractivity contribution in [3.05, 3.63) is 71.5 Å². The van der Waals surface area contributed by atoms with Gasteiger partial charge in [0.05, 0.1) is 24.7 Å². The normalized spacial score (nSPS) is 25.2. The first kappa shape index (κ1) is 33.7. The summed E-state index contributed by atoms with van der Waals surface area (Å²) >= 11 is 0. The Bertz CT molecular complexity index is 1870. The van der Waals surface area contributed by atoms with Gasteiger partial charge in [-0.3, -0.25) is 4.79 Å². The Morgan fingerprint density at radius 1 is 0.980 bits per heavy atom. The van der Waals surface area contributed by atoms with E-state index in [9.17, 15) is 22.4 Å². The highest BCUT2D eigenvalue weighted by molar-refractivity contribution is 7.89. The van der Waals surface area contributed by atoms with Crippen LogP contribution >= 0.6 is 0 Å². The van der Waals surface area contributed by atoms with Gasteiger partial charge in [0, 0.05) is 61.3 Å². The molecule has 0 spiro atoms. The summed E-state index contributed by atoms with van der Waals surface area (Å²) in [5.41, 5.74) is 2.22. The number of alkyl carbamates (subject to hydrolysis) is 1. The van der Waals surface area contributed by atoms with Gasteiger partial charge in [0.25, 0.3) is 0 Å². The summed E-state index contributed by atoms with van der Waals surface area (Å²) in [7, 11) is 0.0640. The number of benzene rings is 3. The van der Waals surface area contributed by atoms with Crippen molar-refractivity contribution in [3.8, 4) is 0 Å². The lowest BCUT2D eigenvalue weighted by Crippen LogP contribution is -2.56. The van der Waals surface area contributed by atoms with Crippen molar-refractivity contribution < 1.29 is 31.9 Å². The highest BCUT2D eigenvalue weighted by Crippen LogP contribution is 2.62. The molecule has 49 heavy (non-hydrogen) atoms. The number of fused-ring (bicyclic) bond motifs is 2. The van der Waals surface area contributed by atoms with Gasteiger partial charge in [-0.15, -0.1) is 0 Å². The second-order valence-corrected chi connectivity index (χ2v) is 16.1. The molecule has 1 aliphatic heterocycles. The van der Waals surface area contributed by atoms with Crippen LogP contribution < -0.4 is 20.3 Å². The topological polar surface area (TPSA) is 129 Å². The fourth-order valence-electron chi connectivity index (χ4n) is 8.99. The molecule has 5 aliphatic rings. The molecule has 0 saturated heterocycles. The first-order valence-electron chi connectivity index (χ1n) is 17.0. The number of carbonyl (C=O) groups is 2. The fraction of sp³-hybridized carbons (Fsp3) is 0.500. The number of hydrogen-bond donors (Lipinski definition) is 3. The van der Waals surface area contributed by atoms with E-state index in [1.165, 1.54) is 12.1 Å². The molecular weight excluding hydrogens is 649 g/mol. The van der Waals surface area contributed by atoms with Crippen molar-refractivity contribution in [2.24, 2.45) is 11.8 Å². The number of nitrogens with zero attached hydrogens (tertiary/aromatic N) is 2. The molecule has 13 heteroatoms. The van der Waals surface area contributed by atoms with Crippen LogP contribution in [0.3, 0.4) is 0 Å². The lowest BCUT2D eigenvalue weighted by molar-refractivity contribution is -0.131. The minimum absolute atomic E-state index is 0.00131. The van der Waals surface area contributed by atoms with Crippen molar-refractivity contribution >= 4 is 38.5 Å². The molecule has 262 valence electrons. The maximum atomic E-state index is 13.7. The number of halogens is 1. The van der Waals surface area contributed by atoms with Crippen LogP contribution in [0.2, 0.25) is 0 Å². The van der Waals surface area contributed by atoms with E-state index in [1.807, 2.05) is 37.2 Å². The van der Waals surface area contributed by atoms with E-state index < -0.39 is 16.1 Å². The molecule has 11 nitrogen and oxygen atoms in total. The highest BCUT2D eigenvalue weighted by Gasteiger charge is 2.64. The minimum atomic E-state index is -3.77. The summed E-state index contributed by atoms with van der Waals surface area (Å²) in [6, 6.07) is 15.5. The summed E-state index contributed by atoms with van der Waals surface area (Å²) < 4.78 is 53.5. The van der Waals surface area contributed by atoms with Gasteiger partial charge >= 0.3 is 6.09 Å². The summed E-state index contributed by atoms with van der Waals surface area (Å²) in [4.78, 5) is 29.9. The predicted octanol–water partition coefficient (Wildman–Crippen LogP) is 3.90. The van der Waals surface area contributed by atoms with E-state index in [1.54, 1.807) is 29.2 Å². The zero-order valence-electron chi connectivity index (χ0n) is 28.0. The van der Waals surface area contributed by atoms with E-state index in [-0.39, 0.29) is 60.6 Å². The van der Waals surface area contributed by atoms with Gasteiger partial charge in [0.2, 0.25) is 15.9 Å². The lowest BCUT2D eigenvalue weighted by Gasteiger charge is -2.41. The molecular formula is C36H44FN5O6S. The SMILES string of the molecule is CN(C)c1cccc2c(S(=O)(=O)NCCOCCOC(=O)NC34CC5CC(C3)C(NCC(=O)N3Cc6ccc(F)cc6C3)(C5)C4)cccc12. The van der Waals surface area contributed by atoms with Gasteiger partial charge in [-0.25, -0.2) is 22.3 Å². The van der Waals surface area contributed by atoms with E-state index in [0.29, 0.717) is 30.3 Å². The Kier molecular flexibility index (Phi) is 9.05. The zero-order valence-corrected chi connectivity index (χ0v) is 28.8. The molecule has 4 saturated carbocycles. The highest BCUT2D eigenvalue weighted by atomic mass is 32.2. The molecule has 0 radical (unpaired) electrons. The number of carbonyl (C=O) groups excluding carboxylic acids is 2. The molecule has 4 aliphatic carbocycles. The molecule has 4 atom stereocenters. The Balaban J connectivity index is 0.836. The van der Waals surface area contributed by atoms with Gasteiger partial charge in [-0.05, 0) is 79.3 Å². The molecule has 3 aromatic rings. The number of nitrogens with one attached hydrogen (secondary N) is 3.